The summed E-state index contributed by atoms with van der Waals surface area (Å²) in [5.41, 5.74) is 4.75. The Hall–Kier alpha value is -1.16. The molecule has 0 fully saturated rings. The number of nitrogens with one attached hydrogen (secondary N) is 1. The van der Waals surface area contributed by atoms with E-state index in [0.717, 1.165) is 0 Å². The van der Waals surface area contributed by atoms with Gasteiger partial charge in [0, 0.05) is 7.05 Å². The van der Waals surface area contributed by atoms with Crippen LogP contribution >= 0.6 is 11.6 Å². The summed E-state index contributed by atoms with van der Waals surface area (Å²) in [6, 6.07) is 0. The van der Waals surface area contributed by atoms with Gasteiger partial charge in [-0.25, -0.2) is 13.4 Å². The molecular weight excluding hydrogens is 260 g/mol. The Morgan fingerprint density at radius 3 is 2.81 bits per heavy atom. The highest BCUT2D eigenvalue weighted by Gasteiger charge is 2.22. The van der Waals surface area contributed by atoms with E-state index < -0.39 is 22.5 Å². The Balaban J connectivity index is 2.79. The first-order chi connectivity index (χ1) is 7.34. The van der Waals surface area contributed by atoms with Crippen LogP contribution in [0.15, 0.2) is 11.4 Å². The second kappa shape index (κ2) is 4.78. The first kappa shape index (κ1) is 12.9. The Kier molecular flexibility index (Phi) is 3.86. The van der Waals surface area contributed by atoms with Crippen molar-refractivity contribution in [3.63, 3.8) is 0 Å². The number of aryl methyl sites for hydroxylation is 1. The number of imidazole rings is 1. The molecule has 10 heteroatoms. The molecule has 1 aromatic heterocycles. The smallest absolute Gasteiger partial charge is 0.283 e. The zero-order valence-electron chi connectivity index (χ0n) is 8.18. The molecule has 0 saturated carbocycles. The molecule has 0 aliphatic carbocycles. The summed E-state index contributed by atoms with van der Waals surface area (Å²) < 4.78 is 24.3. The molecule has 0 aromatic carbocycles. The predicted octanol–water partition coefficient (Wildman–Crippen LogP) is -1.23. The van der Waals surface area contributed by atoms with E-state index in [9.17, 15) is 13.2 Å². The minimum atomic E-state index is -4.01. The van der Waals surface area contributed by atoms with Crippen LogP contribution in [0.5, 0.6) is 0 Å². The van der Waals surface area contributed by atoms with E-state index in [2.05, 4.69) is 9.82 Å². The van der Waals surface area contributed by atoms with E-state index in [4.69, 9.17) is 17.3 Å². The second-order valence-corrected chi connectivity index (χ2v) is 4.71. The molecule has 8 nitrogen and oxygen atoms in total. The van der Waals surface area contributed by atoms with Crippen LogP contribution in [0.4, 0.5) is 0 Å². The Labute approximate surface area is 96.3 Å². The van der Waals surface area contributed by atoms with E-state index in [1.165, 1.54) is 17.9 Å². The van der Waals surface area contributed by atoms with Crippen LogP contribution in [-0.2, 0) is 26.7 Å². The average molecular weight is 269 g/mol. The molecule has 1 amide bonds. The highest BCUT2D eigenvalue weighted by molar-refractivity contribution is 7.89. The number of rotatable bonds is 5. The third-order valence-electron chi connectivity index (χ3n) is 1.47. The third kappa shape index (κ3) is 2.92. The Bertz CT molecular complexity index is 497. The predicted molar refractivity (Wildman–Crippen MR) is 53.7 cm³/mol. The lowest BCUT2D eigenvalue weighted by molar-refractivity contribution is -0.123. The van der Waals surface area contributed by atoms with Gasteiger partial charge in [0.2, 0.25) is 10.9 Å². The standard InChI is InChI=1S/C6H9ClN4O4S/c1-11-3-9-6(5(11)7)16(13,14)10-15-2-4(8)12/h3,10H,2H2,1H3,(H2,8,12). The summed E-state index contributed by atoms with van der Waals surface area (Å²) in [5, 5.41) is -0.462. The molecule has 0 spiro atoms. The molecule has 0 bridgehead atoms. The average Bonchev–Trinajstić information content (AvgIpc) is 2.47. The summed E-state index contributed by atoms with van der Waals surface area (Å²) >= 11 is 5.67. The third-order valence-corrected chi connectivity index (χ3v) is 3.17. The van der Waals surface area contributed by atoms with E-state index in [0.29, 0.717) is 0 Å². The van der Waals surface area contributed by atoms with Gasteiger partial charge in [-0.2, -0.15) is 0 Å². The van der Waals surface area contributed by atoms with Crippen LogP contribution in [0.1, 0.15) is 0 Å². The number of nitrogens with two attached hydrogens (primary N) is 1. The van der Waals surface area contributed by atoms with E-state index in [1.54, 1.807) is 4.89 Å². The van der Waals surface area contributed by atoms with E-state index >= 15 is 0 Å². The number of carbonyl (C=O) groups is 1. The molecule has 0 saturated heterocycles. The lowest BCUT2D eigenvalue weighted by Crippen LogP contribution is -2.29. The van der Waals surface area contributed by atoms with Crippen molar-refractivity contribution in [3.8, 4) is 0 Å². The minimum absolute atomic E-state index is 0.0739. The number of sulfonamides is 1. The second-order valence-electron chi connectivity index (χ2n) is 2.79. The molecule has 16 heavy (non-hydrogen) atoms. The number of aromatic nitrogens is 2. The quantitative estimate of drug-likeness (QED) is 0.649. The van der Waals surface area contributed by atoms with E-state index in [1.807, 2.05) is 0 Å². The highest BCUT2D eigenvalue weighted by Crippen LogP contribution is 2.17. The van der Waals surface area contributed by atoms with Gasteiger partial charge < -0.3 is 10.3 Å². The number of hydrogen-bond donors (Lipinski definition) is 2. The fourth-order valence-electron chi connectivity index (χ4n) is 0.792. The number of nitrogens with zero attached hydrogens (tertiary/aromatic N) is 2. The molecule has 0 radical (unpaired) electrons. The van der Waals surface area contributed by atoms with Crippen LogP contribution < -0.4 is 10.6 Å². The van der Waals surface area contributed by atoms with Crippen LogP contribution in [-0.4, -0.2) is 30.5 Å². The van der Waals surface area contributed by atoms with Crippen molar-refractivity contribution < 1.29 is 18.0 Å². The number of primary amides is 1. The molecule has 0 aliphatic rings. The maximum absolute atomic E-state index is 11.5. The van der Waals surface area contributed by atoms with Crippen molar-refractivity contribution in [1.82, 2.24) is 14.4 Å². The molecule has 0 atom stereocenters. The summed E-state index contributed by atoms with van der Waals surface area (Å²) in [7, 11) is -2.48. The lowest BCUT2D eigenvalue weighted by Gasteiger charge is -2.03. The van der Waals surface area contributed by atoms with Gasteiger partial charge >= 0.3 is 0 Å². The van der Waals surface area contributed by atoms with Crippen LogP contribution in [0, 0.1) is 0 Å². The number of amides is 1. The van der Waals surface area contributed by atoms with Crippen molar-refractivity contribution in [2.75, 3.05) is 6.61 Å². The summed E-state index contributed by atoms with van der Waals surface area (Å²) in [6.45, 7) is -0.580. The molecule has 0 unspecified atom stereocenters. The molecule has 1 heterocycles. The number of halogens is 1. The lowest BCUT2D eigenvalue weighted by atomic mass is 10.7. The van der Waals surface area contributed by atoms with Crippen molar-refractivity contribution in [2.24, 2.45) is 12.8 Å². The summed E-state index contributed by atoms with van der Waals surface area (Å²) in [6.07, 6.45) is 1.23. The van der Waals surface area contributed by atoms with Crippen molar-refractivity contribution >= 4 is 27.5 Å². The van der Waals surface area contributed by atoms with Crippen molar-refractivity contribution in [2.45, 2.75) is 5.03 Å². The fourth-order valence-corrected chi connectivity index (χ4v) is 2.03. The SMILES string of the molecule is Cn1cnc(S(=O)(=O)NOCC(N)=O)c1Cl. The largest absolute Gasteiger partial charge is 0.368 e. The van der Waals surface area contributed by atoms with Gasteiger partial charge in [0.15, 0.2) is 0 Å². The van der Waals surface area contributed by atoms with Gasteiger partial charge in [-0.3, -0.25) is 9.63 Å². The van der Waals surface area contributed by atoms with Crippen LogP contribution in [0.3, 0.4) is 0 Å². The van der Waals surface area contributed by atoms with Gasteiger partial charge in [0.25, 0.3) is 10.0 Å². The number of hydrogen-bond acceptors (Lipinski definition) is 5. The maximum atomic E-state index is 11.5. The molecular formula is C6H9ClN4O4S. The molecule has 90 valence electrons. The molecule has 1 rings (SSSR count). The fraction of sp³-hybridized carbons (Fsp3) is 0.333. The first-order valence-corrected chi connectivity index (χ1v) is 5.79. The van der Waals surface area contributed by atoms with Gasteiger partial charge in [-0.15, -0.1) is 0 Å². The van der Waals surface area contributed by atoms with Gasteiger partial charge in [0.1, 0.15) is 11.8 Å². The number of carbonyl (C=O) groups excluding carboxylic acids is 1. The van der Waals surface area contributed by atoms with Gasteiger partial charge in [-0.05, 0) is 0 Å². The van der Waals surface area contributed by atoms with Crippen molar-refractivity contribution in [1.29, 1.82) is 0 Å². The normalized spacial score (nSPS) is 11.6. The molecule has 1 aromatic rings. The first-order valence-electron chi connectivity index (χ1n) is 3.93. The van der Waals surface area contributed by atoms with Crippen LogP contribution in [0.25, 0.3) is 0 Å². The topological polar surface area (TPSA) is 116 Å². The Morgan fingerprint density at radius 2 is 2.38 bits per heavy atom. The van der Waals surface area contributed by atoms with Gasteiger partial charge in [0.05, 0.1) is 6.33 Å². The zero-order valence-corrected chi connectivity index (χ0v) is 9.75. The van der Waals surface area contributed by atoms with Crippen LogP contribution in [0.2, 0.25) is 5.15 Å². The molecule has 3 N–H and O–H groups in total. The van der Waals surface area contributed by atoms with Crippen molar-refractivity contribution in [3.05, 3.63) is 11.5 Å². The zero-order chi connectivity index (χ0) is 12.3. The molecule has 0 aliphatic heterocycles. The monoisotopic (exact) mass is 268 g/mol. The summed E-state index contributed by atoms with van der Waals surface area (Å²) in [5.74, 6) is -0.810. The van der Waals surface area contributed by atoms with E-state index in [-0.39, 0.29) is 10.2 Å². The maximum Gasteiger partial charge on any atom is 0.283 e. The minimum Gasteiger partial charge on any atom is -0.368 e. The Morgan fingerprint density at radius 1 is 1.75 bits per heavy atom. The van der Waals surface area contributed by atoms with Gasteiger partial charge in [-0.1, -0.05) is 16.5 Å². The summed E-state index contributed by atoms with van der Waals surface area (Å²) in [4.78, 5) is 19.9. The highest BCUT2D eigenvalue weighted by atomic mass is 35.5.